The van der Waals surface area contributed by atoms with Gasteiger partial charge in [-0.05, 0) is 48.9 Å². The molecule has 1 aliphatic heterocycles. The molecule has 0 unspecified atom stereocenters. The third-order valence-electron chi connectivity index (χ3n) is 4.86. The highest BCUT2D eigenvalue weighted by Crippen LogP contribution is 2.42. The van der Waals surface area contributed by atoms with Crippen LogP contribution in [0, 0.1) is 6.92 Å². The molecule has 1 amide bonds. The van der Waals surface area contributed by atoms with Crippen molar-refractivity contribution in [2.45, 2.75) is 13.0 Å². The summed E-state index contributed by atoms with van der Waals surface area (Å²) < 4.78 is 11.1. The summed E-state index contributed by atoms with van der Waals surface area (Å²) in [5.41, 5.74) is 1.02. The monoisotopic (exact) mass is 468 g/mol. The first-order valence-corrected chi connectivity index (χ1v) is 9.84. The lowest BCUT2D eigenvalue weighted by Crippen LogP contribution is -2.29. The number of anilines is 1. The number of carbonyl (C=O) groups excluding carboxylic acids is 2. The fourth-order valence-corrected chi connectivity index (χ4v) is 3.66. The van der Waals surface area contributed by atoms with E-state index in [2.05, 4.69) is 21.1 Å². The summed E-state index contributed by atoms with van der Waals surface area (Å²) in [5.74, 6) is -0.544. The third kappa shape index (κ3) is 3.39. The predicted octanol–water partition coefficient (Wildman–Crippen LogP) is 4.38. The van der Waals surface area contributed by atoms with Gasteiger partial charge in [0.05, 0.1) is 18.7 Å². The Bertz CT molecular complexity index is 1150. The number of hydrogen-bond acceptors (Lipinski definition) is 6. The second-order valence-corrected chi connectivity index (χ2v) is 7.66. The van der Waals surface area contributed by atoms with Crippen LogP contribution in [0.3, 0.4) is 0 Å². The van der Waals surface area contributed by atoms with Gasteiger partial charge in [0.1, 0.15) is 17.3 Å². The average molecular weight is 469 g/mol. The van der Waals surface area contributed by atoms with Crippen molar-refractivity contribution >= 4 is 39.2 Å². The SMILES string of the molecule is COc1ccc(C(O)=C2C(=O)C(=O)N(c3cc(C)on3)[C@@H]2c2ccc(Br)cc2)cc1. The quantitative estimate of drug-likeness (QED) is 0.347. The van der Waals surface area contributed by atoms with Gasteiger partial charge in [0.15, 0.2) is 5.82 Å². The van der Waals surface area contributed by atoms with E-state index in [0.717, 1.165) is 4.47 Å². The molecule has 4 rings (SSSR count). The molecule has 0 spiro atoms. The average Bonchev–Trinajstić information content (AvgIpc) is 3.29. The maximum atomic E-state index is 13.0. The highest BCUT2D eigenvalue weighted by Gasteiger charge is 2.48. The van der Waals surface area contributed by atoms with Crippen LogP contribution in [0.15, 0.2) is 69.2 Å². The number of aromatic nitrogens is 1. The Hall–Kier alpha value is -3.39. The molecule has 1 aliphatic rings. The standard InChI is InChI=1S/C22H17BrN2O5/c1-12-11-17(24-30-12)25-19(13-3-7-15(23)8-4-13)18(21(27)22(25)28)20(26)14-5-9-16(29-2)10-6-14/h3-11,19,26H,1-2H3/t19-/m1/s1. The lowest BCUT2D eigenvalue weighted by molar-refractivity contribution is -0.132. The van der Waals surface area contributed by atoms with Crippen molar-refractivity contribution in [3.05, 3.63) is 81.5 Å². The maximum absolute atomic E-state index is 13.0. The van der Waals surface area contributed by atoms with Gasteiger partial charge in [-0.3, -0.25) is 14.5 Å². The fraction of sp³-hybridized carbons (Fsp3) is 0.136. The first-order valence-electron chi connectivity index (χ1n) is 9.05. The van der Waals surface area contributed by atoms with E-state index in [1.807, 2.05) is 0 Å². The Morgan fingerprint density at radius 1 is 1.13 bits per heavy atom. The molecule has 1 fully saturated rings. The summed E-state index contributed by atoms with van der Waals surface area (Å²) in [6, 6.07) is 14.5. The van der Waals surface area contributed by atoms with Crippen molar-refractivity contribution in [2.24, 2.45) is 0 Å². The normalized spacial score (nSPS) is 18.1. The van der Waals surface area contributed by atoms with Crippen LogP contribution >= 0.6 is 15.9 Å². The van der Waals surface area contributed by atoms with Gasteiger partial charge in [-0.15, -0.1) is 0 Å². The number of methoxy groups -OCH3 is 1. The molecule has 1 aromatic heterocycles. The summed E-state index contributed by atoms with van der Waals surface area (Å²) in [7, 11) is 1.54. The number of aliphatic hydroxyl groups excluding tert-OH is 1. The number of aryl methyl sites for hydroxylation is 1. The largest absolute Gasteiger partial charge is 0.507 e. The zero-order chi connectivity index (χ0) is 21.4. The number of Topliss-reactive ketones (excluding diaryl/α,β-unsaturated/α-hetero) is 1. The Morgan fingerprint density at radius 3 is 2.37 bits per heavy atom. The highest BCUT2D eigenvalue weighted by atomic mass is 79.9. The molecular weight excluding hydrogens is 452 g/mol. The number of ether oxygens (including phenoxy) is 1. The van der Waals surface area contributed by atoms with Gasteiger partial charge in [-0.1, -0.05) is 33.2 Å². The van der Waals surface area contributed by atoms with Gasteiger partial charge < -0.3 is 14.4 Å². The zero-order valence-electron chi connectivity index (χ0n) is 16.1. The highest BCUT2D eigenvalue weighted by molar-refractivity contribution is 9.10. The smallest absolute Gasteiger partial charge is 0.301 e. The second-order valence-electron chi connectivity index (χ2n) is 6.74. The van der Waals surface area contributed by atoms with Crippen LogP contribution in [-0.4, -0.2) is 29.1 Å². The van der Waals surface area contributed by atoms with E-state index in [9.17, 15) is 14.7 Å². The zero-order valence-corrected chi connectivity index (χ0v) is 17.7. The number of carbonyl (C=O) groups is 2. The van der Waals surface area contributed by atoms with Crippen molar-refractivity contribution in [1.29, 1.82) is 0 Å². The van der Waals surface area contributed by atoms with Gasteiger partial charge in [0, 0.05) is 16.1 Å². The van der Waals surface area contributed by atoms with E-state index in [0.29, 0.717) is 22.6 Å². The van der Waals surface area contributed by atoms with Crippen LogP contribution in [-0.2, 0) is 9.59 Å². The molecule has 0 radical (unpaired) electrons. The fourth-order valence-electron chi connectivity index (χ4n) is 3.40. The molecule has 1 N–H and O–H groups in total. The van der Waals surface area contributed by atoms with E-state index in [1.165, 1.54) is 12.0 Å². The summed E-state index contributed by atoms with van der Waals surface area (Å²) >= 11 is 3.39. The van der Waals surface area contributed by atoms with Crippen LogP contribution < -0.4 is 9.64 Å². The van der Waals surface area contributed by atoms with Crippen LogP contribution in [0.4, 0.5) is 5.82 Å². The molecule has 8 heteroatoms. The Labute approximate surface area is 180 Å². The Morgan fingerprint density at radius 2 is 1.80 bits per heavy atom. The number of halogens is 1. The van der Waals surface area contributed by atoms with E-state index in [-0.39, 0.29) is 17.2 Å². The minimum absolute atomic E-state index is 0.0202. The molecule has 7 nitrogen and oxygen atoms in total. The maximum Gasteiger partial charge on any atom is 0.301 e. The molecule has 30 heavy (non-hydrogen) atoms. The molecule has 0 saturated carbocycles. The second kappa shape index (κ2) is 7.79. The summed E-state index contributed by atoms with van der Waals surface area (Å²) in [6.45, 7) is 1.69. The van der Waals surface area contributed by atoms with Crippen molar-refractivity contribution in [2.75, 3.05) is 12.0 Å². The van der Waals surface area contributed by atoms with Gasteiger partial charge in [-0.2, -0.15) is 0 Å². The van der Waals surface area contributed by atoms with Gasteiger partial charge in [0.25, 0.3) is 5.78 Å². The van der Waals surface area contributed by atoms with Crippen LogP contribution in [0.5, 0.6) is 5.75 Å². The van der Waals surface area contributed by atoms with Crippen molar-refractivity contribution in [3.63, 3.8) is 0 Å². The molecule has 1 atom stereocenters. The van der Waals surface area contributed by atoms with Crippen LogP contribution in [0.2, 0.25) is 0 Å². The molecule has 2 heterocycles. The minimum atomic E-state index is -0.857. The van der Waals surface area contributed by atoms with Crippen LogP contribution in [0.25, 0.3) is 5.76 Å². The first-order chi connectivity index (χ1) is 14.4. The van der Waals surface area contributed by atoms with Crippen molar-refractivity contribution < 1.29 is 24.0 Å². The number of rotatable bonds is 4. The lowest BCUT2D eigenvalue weighted by Gasteiger charge is -2.22. The van der Waals surface area contributed by atoms with Crippen molar-refractivity contribution in [3.8, 4) is 5.75 Å². The molecule has 0 aliphatic carbocycles. The number of ketones is 1. The Kier molecular flexibility index (Phi) is 5.17. The number of hydrogen-bond donors (Lipinski definition) is 1. The number of amides is 1. The predicted molar refractivity (Wildman–Crippen MR) is 113 cm³/mol. The first kappa shape index (κ1) is 19.9. The number of aliphatic hydroxyl groups is 1. The van der Waals surface area contributed by atoms with E-state index < -0.39 is 17.7 Å². The van der Waals surface area contributed by atoms with E-state index in [1.54, 1.807) is 61.5 Å². The molecule has 0 bridgehead atoms. The third-order valence-corrected chi connectivity index (χ3v) is 5.38. The summed E-state index contributed by atoms with van der Waals surface area (Å²) in [6.07, 6.45) is 0. The molecule has 2 aromatic carbocycles. The summed E-state index contributed by atoms with van der Waals surface area (Å²) in [4.78, 5) is 27.2. The van der Waals surface area contributed by atoms with Gasteiger partial charge in [-0.25, -0.2) is 0 Å². The number of nitrogens with zero attached hydrogens (tertiary/aromatic N) is 2. The van der Waals surface area contributed by atoms with Gasteiger partial charge in [0.2, 0.25) is 0 Å². The molecule has 3 aromatic rings. The topological polar surface area (TPSA) is 92.9 Å². The van der Waals surface area contributed by atoms with Crippen LogP contribution in [0.1, 0.15) is 22.9 Å². The molecule has 152 valence electrons. The summed E-state index contributed by atoms with van der Waals surface area (Å²) in [5, 5.41) is 14.9. The van der Waals surface area contributed by atoms with Crippen molar-refractivity contribution in [1.82, 2.24) is 5.16 Å². The van der Waals surface area contributed by atoms with Gasteiger partial charge >= 0.3 is 5.91 Å². The number of benzene rings is 2. The molecule has 1 saturated heterocycles. The minimum Gasteiger partial charge on any atom is -0.507 e. The Balaban J connectivity index is 1.91. The van der Waals surface area contributed by atoms with E-state index >= 15 is 0 Å². The van der Waals surface area contributed by atoms with E-state index in [4.69, 9.17) is 9.26 Å². The lowest BCUT2D eigenvalue weighted by atomic mass is 9.95. The molecular formula is C22H17BrN2O5.